The Morgan fingerprint density at radius 1 is 1.43 bits per heavy atom. The van der Waals surface area contributed by atoms with Gasteiger partial charge in [0.25, 0.3) is 0 Å². The van der Waals surface area contributed by atoms with Gasteiger partial charge in [-0.3, -0.25) is 4.79 Å². The fraction of sp³-hybridized carbons (Fsp3) is 0.667. The van der Waals surface area contributed by atoms with E-state index in [-0.39, 0.29) is 5.91 Å². The zero-order chi connectivity index (χ0) is 11.1. The van der Waals surface area contributed by atoms with E-state index < -0.39 is 6.04 Å². The summed E-state index contributed by atoms with van der Waals surface area (Å²) in [5, 5.41) is 0. The average molecular weight is 200 g/mol. The Morgan fingerprint density at radius 2 is 1.93 bits per heavy atom. The first kappa shape index (κ1) is 12.8. The van der Waals surface area contributed by atoms with E-state index in [1.54, 1.807) is 4.90 Å². The normalized spacial score (nSPS) is 13.8. The maximum Gasteiger partial charge on any atom is 0.239 e. The second kappa shape index (κ2) is 6.26. The highest BCUT2D eigenvalue weighted by atomic mass is 16.2. The molecule has 0 aromatic rings. The summed E-state index contributed by atoms with van der Waals surface area (Å²) in [6.07, 6.45) is 1.58. The lowest BCUT2D eigenvalue weighted by atomic mass is 10.1. The highest BCUT2D eigenvalue weighted by Gasteiger charge is 2.18. The molecule has 0 aliphatic carbocycles. The van der Waals surface area contributed by atoms with Gasteiger partial charge in [0.2, 0.25) is 5.91 Å². The van der Waals surface area contributed by atoms with Gasteiger partial charge in [-0.05, 0) is 13.8 Å². The third-order valence-corrected chi connectivity index (χ3v) is 2.06. The quantitative estimate of drug-likeness (QED) is 0.548. The van der Waals surface area contributed by atoms with Gasteiger partial charge in [-0.1, -0.05) is 0 Å². The van der Waals surface area contributed by atoms with Gasteiger partial charge < -0.3 is 22.1 Å². The lowest BCUT2D eigenvalue weighted by molar-refractivity contribution is -0.132. The van der Waals surface area contributed by atoms with Crippen LogP contribution in [0.15, 0.2) is 11.9 Å². The molecule has 0 heterocycles. The molecule has 6 N–H and O–H groups in total. The lowest BCUT2D eigenvalue weighted by Crippen LogP contribution is -2.44. The van der Waals surface area contributed by atoms with Crippen molar-refractivity contribution in [2.24, 2.45) is 17.2 Å². The van der Waals surface area contributed by atoms with Gasteiger partial charge in [-0.2, -0.15) is 0 Å². The summed E-state index contributed by atoms with van der Waals surface area (Å²) in [7, 11) is 0. The Kier molecular flexibility index (Phi) is 5.71. The Bertz CT molecular complexity index is 211. The molecule has 1 amide bonds. The molecule has 0 saturated carbocycles. The summed E-state index contributed by atoms with van der Waals surface area (Å²) in [5.41, 5.74) is 16.8. The van der Waals surface area contributed by atoms with Gasteiger partial charge in [0.1, 0.15) is 0 Å². The van der Waals surface area contributed by atoms with Gasteiger partial charge in [-0.25, -0.2) is 0 Å². The van der Waals surface area contributed by atoms with Crippen LogP contribution < -0.4 is 17.2 Å². The van der Waals surface area contributed by atoms with Crippen LogP contribution in [-0.4, -0.2) is 29.9 Å². The molecule has 5 nitrogen and oxygen atoms in total. The van der Waals surface area contributed by atoms with Gasteiger partial charge in [0.15, 0.2) is 0 Å². The van der Waals surface area contributed by atoms with E-state index in [1.165, 1.54) is 6.20 Å². The summed E-state index contributed by atoms with van der Waals surface area (Å²) in [6, 6.07) is -0.588. The van der Waals surface area contributed by atoms with E-state index in [2.05, 4.69) is 0 Å². The zero-order valence-electron chi connectivity index (χ0n) is 8.86. The summed E-state index contributed by atoms with van der Waals surface area (Å²) in [6.45, 7) is 5.15. The number of carbonyl (C=O) groups is 1. The number of hydrogen-bond donors (Lipinski definition) is 3. The van der Waals surface area contributed by atoms with Crippen LogP contribution in [0.2, 0.25) is 0 Å². The van der Waals surface area contributed by atoms with Crippen molar-refractivity contribution in [2.45, 2.75) is 26.3 Å². The number of rotatable bonds is 5. The van der Waals surface area contributed by atoms with E-state index in [9.17, 15) is 4.79 Å². The second-order valence-corrected chi connectivity index (χ2v) is 3.06. The van der Waals surface area contributed by atoms with Crippen molar-refractivity contribution < 1.29 is 4.79 Å². The molecule has 0 aromatic heterocycles. The first-order valence-corrected chi connectivity index (χ1v) is 4.77. The fourth-order valence-electron chi connectivity index (χ4n) is 1.18. The number of likely N-dealkylation sites (N-methyl/N-ethyl adjacent to an activating group) is 1. The van der Waals surface area contributed by atoms with Crippen LogP contribution in [0.4, 0.5) is 0 Å². The minimum atomic E-state index is -0.588. The van der Waals surface area contributed by atoms with Crippen LogP contribution in [0.3, 0.4) is 0 Å². The standard InChI is InChI=1S/C9H20N4O/c1-3-13(4-2)9(14)8(12)5-7(11)6-10/h6,8H,3-5,10-12H2,1-2H3/b7-6-. The molecule has 0 bridgehead atoms. The number of nitrogens with two attached hydrogens (primary N) is 3. The highest BCUT2D eigenvalue weighted by molar-refractivity contribution is 5.81. The van der Waals surface area contributed by atoms with Crippen molar-refractivity contribution in [3.8, 4) is 0 Å². The van der Waals surface area contributed by atoms with Crippen LogP contribution >= 0.6 is 0 Å². The zero-order valence-corrected chi connectivity index (χ0v) is 8.86. The van der Waals surface area contributed by atoms with Gasteiger partial charge in [0, 0.05) is 31.4 Å². The minimum absolute atomic E-state index is 0.0835. The van der Waals surface area contributed by atoms with Crippen molar-refractivity contribution in [1.82, 2.24) is 4.90 Å². The van der Waals surface area contributed by atoms with Crippen LogP contribution in [0, 0.1) is 0 Å². The molecule has 0 saturated heterocycles. The van der Waals surface area contributed by atoms with Crippen LogP contribution in [0.1, 0.15) is 20.3 Å². The monoisotopic (exact) mass is 200 g/mol. The Labute approximate surface area is 84.9 Å². The van der Waals surface area contributed by atoms with E-state index in [4.69, 9.17) is 17.2 Å². The molecule has 0 rings (SSSR count). The van der Waals surface area contributed by atoms with Crippen molar-refractivity contribution >= 4 is 5.91 Å². The van der Waals surface area contributed by atoms with Crippen LogP contribution in [0.5, 0.6) is 0 Å². The summed E-state index contributed by atoms with van der Waals surface area (Å²) in [5.74, 6) is -0.0835. The SMILES string of the molecule is CCN(CC)C(=O)C(N)C/C(N)=C/N. The molecule has 14 heavy (non-hydrogen) atoms. The van der Waals surface area contributed by atoms with Gasteiger partial charge in [0.05, 0.1) is 6.04 Å². The third-order valence-electron chi connectivity index (χ3n) is 2.06. The number of carbonyl (C=O) groups excluding carboxylic acids is 1. The average Bonchev–Trinajstić information content (AvgIpc) is 2.19. The maximum absolute atomic E-state index is 11.6. The first-order chi connectivity index (χ1) is 6.56. The highest BCUT2D eigenvalue weighted by Crippen LogP contribution is 2.00. The molecule has 5 heteroatoms. The predicted molar refractivity (Wildman–Crippen MR) is 57.0 cm³/mol. The molecule has 0 aliphatic rings. The van der Waals surface area contributed by atoms with Crippen molar-refractivity contribution in [3.63, 3.8) is 0 Å². The molecular weight excluding hydrogens is 180 g/mol. The maximum atomic E-state index is 11.6. The summed E-state index contributed by atoms with van der Waals surface area (Å²) in [4.78, 5) is 13.3. The smallest absolute Gasteiger partial charge is 0.239 e. The van der Waals surface area contributed by atoms with Crippen molar-refractivity contribution in [1.29, 1.82) is 0 Å². The Hall–Kier alpha value is -1.23. The number of nitrogens with zero attached hydrogens (tertiary/aromatic N) is 1. The lowest BCUT2D eigenvalue weighted by Gasteiger charge is -2.22. The topological polar surface area (TPSA) is 98.4 Å². The third kappa shape index (κ3) is 3.66. The van der Waals surface area contributed by atoms with Gasteiger partial charge in [-0.15, -0.1) is 0 Å². The predicted octanol–water partition coefficient (Wildman–Crippen LogP) is -0.669. The Balaban J connectivity index is 4.23. The molecule has 0 aromatic carbocycles. The number of amides is 1. The summed E-state index contributed by atoms with van der Waals surface area (Å²) < 4.78 is 0. The molecule has 82 valence electrons. The molecule has 0 spiro atoms. The van der Waals surface area contributed by atoms with Crippen molar-refractivity contribution in [3.05, 3.63) is 11.9 Å². The van der Waals surface area contributed by atoms with E-state index in [0.717, 1.165) is 0 Å². The molecular formula is C9H20N4O. The second-order valence-electron chi connectivity index (χ2n) is 3.06. The molecule has 1 unspecified atom stereocenters. The van der Waals surface area contributed by atoms with E-state index in [0.29, 0.717) is 25.2 Å². The Morgan fingerprint density at radius 3 is 2.29 bits per heavy atom. The van der Waals surface area contributed by atoms with Crippen LogP contribution in [0.25, 0.3) is 0 Å². The number of hydrogen-bond acceptors (Lipinski definition) is 4. The van der Waals surface area contributed by atoms with E-state index in [1.807, 2.05) is 13.8 Å². The van der Waals surface area contributed by atoms with E-state index >= 15 is 0 Å². The fourth-order valence-corrected chi connectivity index (χ4v) is 1.18. The molecule has 0 radical (unpaired) electrons. The molecule has 0 aliphatic heterocycles. The van der Waals surface area contributed by atoms with Gasteiger partial charge >= 0.3 is 0 Å². The molecule has 0 fully saturated rings. The first-order valence-electron chi connectivity index (χ1n) is 4.77. The molecule has 1 atom stereocenters. The largest absolute Gasteiger partial charge is 0.403 e. The van der Waals surface area contributed by atoms with Crippen LogP contribution in [-0.2, 0) is 4.79 Å². The summed E-state index contributed by atoms with van der Waals surface area (Å²) >= 11 is 0. The van der Waals surface area contributed by atoms with Crippen molar-refractivity contribution in [2.75, 3.05) is 13.1 Å². The minimum Gasteiger partial charge on any atom is -0.403 e.